The standard InChI is InChI=1S/C16H24N2O3/c1-10-6-7-11(2)14(8-10)17-15(19)13(4)18(5)9-12(3)16(20)21/h6-8,12-13H,9H2,1-5H3,(H,17,19)(H,20,21). The van der Waals surface area contributed by atoms with Gasteiger partial charge in [0.2, 0.25) is 5.91 Å². The molecule has 0 bridgehead atoms. The van der Waals surface area contributed by atoms with Gasteiger partial charge in [0.25, 0.3) is 0 Å². The number of carboxylic acid groups (broad SMARTS) is 1. The number of carbonyl (C=O) groups is 2. The van der Waals surface area contributed by atoms with E-state index in [1.165, 1.54) is 0 Å². The molecule has 0 aromatic heterocycles. The Labute approximate surface area is 126 Å². The zero-order valence-electron chi connectivity index (χ0n) is 13.3. The predicted molar refractivity (Wildman–Crippen MR) is 83.4 cm³/mol. The highest BCUT2D eigenvalue weighted by molar-refractivity contribution is 5.95. The summed E-state index contributed by atoms with van der Waals surface area (Å²) in [6.07, 6.45) is 0. The quantitative estimate of drug-likeness (QED) is 0.844. The van der Waals surface area contributed by atoms with Crippen LogP contribution in [-0.4, -0.2) is 41.5 Å². The molecular formula is C16H24N2O3. The summed E-state index contributed by atoms with van der Waals surface area (Å²) >= 11 is 0. The van der Waals surface area contributed by atoms with E-state index in [4.69, 9.17) is 5.11 Å². The molecule has 5 nitrogen and oxygen atoms in total. The fourth-order valence-electron chi connectivity index (χ4n) is 1.98. The van der Waals surface area contributed by atoms with Crippen LogP contribution in [0.1, 0.15) is 25.0 Å². The molecule has 0 saturated heterocycles. The molecule has 0 heterocycles. The van der Waals surface area contributed by atoms with E-state index < -0.39 is 17.9 Å². The van der Waals surface area contributed by atoms with Gasteiger partial charge in [-0.05, 0) is 45.0 Å². The van der Waals surface area contributed by atoms with Crippen LogP contribution in [0.4, 0.5) is 5.69 Å². The second-order valence-corrected chi connectivity index (χ2v) is 5.66. The third kappa shape index (κ3) is 4.86. The highest BCUT2D eigenvalue weighted by Gasteiger charge is 2.22. The minimum atomic E-state index is -0.857. The number of rotatable bonds is 6. The summed E-state index contributed by atoms with van der Waals surface area (Å²) in [7, 11) is 1.76. The Hall–Kier alpha value is -1.88. The van der Waals surface area contributed by atoms with Gasteiger partial charge < -0.3 is 10.4 Å². The number of hydrogen-bond donors (Lipinski definition) is 2. The Balaban J connectivity index is 2.70. The Bertz CT molecular complexity index is 528. The maximum atomic E-state index is 12.3. The first-order valence-corrected chi connectivity index (χ1v) is 7.03. The normalized spacial score (nSPS) is 13.8. The number of likely N-dealkylation sites (N-methyl/N-ethyl adjacent to an activating group) is 1. The molecule has 0 aliphatic carbocycles. The second kappa shape index (κ2) is 7.22. The summed E-state index contributed by atoms with van der Waals surface area (Å²) in [5.41, 5.74) is 2.88. The molecule has 0 fully saturated rings. The van der Waals surface area contributed by atoms with Crippen molar-refractivity contribution in [3.8, 4) is 0 Å². The lowest BCUT2D eigenvalue weighted by atomic mass is 10.1. The highest BCUT2D eigenvalue weighted by atomic mass is 16.4. The number of amides is 1. The van der Waals surface area contributed by atoms with Crippen LogP contribution >= 0.6 is 0 Å². The zero-order valence-corrected chi connectivity index (χ0v) is 13.3. The molecule has 1 aromatic carbocycles. The van der Waals surface area contributed by atoms with E-state index in [-0.39, 0.29) is 5.91 Å². The molecule has 0 spiro atoms. The summed E-state index contributed by atoms with van der Waals surface area (Å²) in [6.45, 7) is 7.65. The van der Waals surface area contributed by atoms with Crippen molar-refractivity contribution in [3.63, 3.8) is 0 Å². The van der Waals surface area contributed by atoms with Crippen molar-refractivity contribution in [2.24, 2.45) is 5.92 Å². The number of nitrogens with zero attached hydrogens (tertiary/aromatic N) is 1. The second-order valence-electron chi connectivity index (χ2n) is 5.66. The van der Waals surface area contributed by atoms with E-state index in [9.17, 15) is 9.59 Å². The van der Waals surface area contributed by atoms with Crippen LogP contribution in [0.25, 0.3) is 0 Å². The Morgan fingerprint density at radius 3 is 2.48 bits per heavy atom. The Kier molecular flexibility index (Phi) is 5.90. The van der Waals surface area contributed by atoms with Crippen LogP contribution in [0.2, 0.25) is 0 Å². The zero-order chi connectivity index (χ0) is 16.2. The lowest BCUT2D eigenvalue weighted by molar-refractivity contribution is -0.142. The first-order chi connectivity index (χ1) is 9.72. The van der Waals surface area contributed by atoms with Gasteiger partial charge in [-0.1, -0.05) is 19.1 Å². The topological polar surface area (TPSA) is 69.6 Å². The number of carboxylic acids is 1. The van der Waals surface area contributed by atoms with Gasteiger partial charge >= 0.3 is 5.97 Å². The molecular weight excluding hydrogens is 268 g/mol. The molecule has 0 saturated carbocycles. The fraction of sp³-hybridized carbons (Fsp3) is 0.500. The molecule has 0 aliphatic rings. The van der Waals surface area contributed by atoms with E-state index >= 15 is 0 Å². The summed E-state index contributed by atoms with van der Waals surface area (Å²) < 4.78 is 0. The molecule has 116 valence electrons. The third-order valence-corrected chi connectivity index (χ3v) is 3.67. The number of nitrogens with one attached hydrogen (secondary N) is 1. The Morgan fingerprint density at radius 2 is 1.90 bits per heavy atom. The first kappa shape index (κ1) is 17.2. The molecule has 2 N–H and O–H groups in total. The maximum Gasteiger partial charge on any atom is 0.307 e. The first-order valence-electron chi connectivity index (χ1n) is 7.03. The molecule has 1 aromatic rings. The van der Waals surface area contributed by atoms with E-state index in [1.54, 1.807) is 25.8 Å². The molecule has 1 amide bonds. The lowest BCUT2D eigenvalue weighted by Gasteiger charge is -2.25. The van der Waals surface area contributed by atoms with Gasteiger partial charge in [0.1, 0.15) is 0 Å². The Morgan fingerprint density at radius 1 is 1.29 bits per heavy atom. The average molecular weight is 292 g/mol. The molecule has 5 heteroatoms. The van der Waals surface area contributed by atoms with Gasteiger partial charge in [0, 0.05) is 12.2 Å². The predicted octanol–water partition coefficient (Wildman–Crippen LogP) is 2.28. The van der Waals surface area contributed by atoms with Crippen LogP contribution in [0.3, 0.4) is 0 Å². The van der Waals surface area contributed by atoms with Crippen molar-refractivity contribution in [1.29, 1.82) is 0 Å². The highest BCUT2D eigenvalue weighted by Crippen LogP contribution is 2.17. The van der Waals surface area contributed by atoms with Gasteiger partial charge in [-0.25, -0.2) is 0 Å². The van der Waals surface area contributed by atoms with E-state index in [2.05, 4.69) is 5.32 Å². The molecule has 0 radical (unpaired) electrons. The molecule has 21 heavy (non-hydrogen) atoms. The number of aliphatic carboxylic acids is 1. The van der Waals surface area contributed by atoms with Gasteiger partial charge in [-0.2, -0.15) is 0 Å². The number of benzene rings is 1. The molecule has 1 rings (SSSR count). The summed E-state index contributed by atoms with van der Waals surface area (Å²) in [6, 6.07) is 5.49. The molecule has 2 unspecified atom stereocenters. The van der Waals surface area contributed by atoms with E-state index in [1.807, 2.05) is 32.0 Å². The lowest BCUT2D eigenvalue weighted by Crippen LogP contribution is -2.42. The summed E-state index contributed by atoms with van der Waals surface area (Å²) in [5.74, 6) is -1.50. The van der Waals surface area contributed by atoms with Gasteiger partial charge in [0.05, 0.1) is 12.0 Å². The monoisotopic (exact) mass is 292 g/mol. The van der Waals surface area contributed by atoms with Crippen LogP contribution in [-0.2, 0) is 9.59 Å². The van der Waals surface area contributed by atoms with Crippen LogP contribution < -0.4 is 5.32 Å². The molecule has 0 aliphatic heterocycles. The van der Waals surface area contributed by atoms with Gasteiger partial charge in [-0.3, -0.25) is 14.5 Å². The largest absolute Gasteiger partial charge is 0.481 e. The maximum absolute atomic E-state index is 12.3. The number of carbonyl (C=O) groups excluding carboxylic acids is 1. The van der Waals surface area contributed by atoms with Gasteiger partial charge in [0.15, 0.2) is 0 Å². The minimum absolute atomic E-state index is 0.135. The van der Waals surface area contributed by atoms with Crippen molar-refractivity contribution in [3.05, 3.63) is 29.3 Å². The molecule has 2 atom stereocenters. The smallest absolute Gasteiger partial charge is 0.307 e. The van der Waals surface area contributed by atoms with Crippen LogP contribution in [0.5, 0.6) is 0 Å². The number of aryl methyl sites for hydroxylation is 2. The van der Waals surface area contributed by atoms with Crippen molar-refractivity contribution in [1.82, 2.24) is 4.90 Å². The van der Waals surface area contributed by atoms with Crippen molar-refractivity contribution in [2.75, 3.05) is 18.9 Å². The average Bonchev–Trinajstić information content (AvgIpc) is 2.41. The SMILES string of the molecule is Cc1ccc(C)c(NC(=O)C(C)N(C)CC(C)C(=O)O)c1. The number of hydrogen-bond acceptors (Lipinski definition) is 3. The van der Waals surface area contributed by atoms with Crippen molar-refractivity contribution in [2.45, 2.75) is 33.7 Å². The van der Waals surface area contributed by atoms with Crippen LogP contribution in [0.15, 0.2) is 18.2 Å². The summed E-state index contributed by atoms with van der Waals surface area (Å²) in [5, 5.41) is 11.8. The van der Waals surface area contributed by atoms with E-state index in [0.29, 0.717) is 6.54 Å². The third-order valence-electron chi connectivity index (χ3n) is 3.67. The fourth-order valence-corrected chi connectivity index (χ4v) is 1.98. The summed E-state index contributed by atoms with van der Waals surface area (Å²) in [4.78, 5) is 24.9. The van der Waals surface area contributed by atoms with Crippen molar-refractivity contribution < 1.29 is 14.7 Å². The van der Waals surface area contributed by atoms with Gasteiger partial charge in [-0.15, -0.1) is 0 Å². The van der Waals surface area contributed by atoms with E-state index in [0.717, 1.165) is 16.8 Å². The van der Waals surface area contributed by atoms with Crippen LogP contribution in [0, 0.1) is 19.8 Å². The number of anilines is 1. The van der Waals surface area contributed by atoms with Crippen molar-refractivity contribution >= 4 is 17.6 Å². The minimum Gasteiger partial charge on any atom is -0.481 e.